The molecule has 0 aliphatic rings. The molecule has 9 nitrogen and oxygen atoms in total. The summed E-state index contributed by atoms with van der Waals surface area (Å²) in [5.41, 5.74) is 14.0. The van der Waals surface area contributed by atoms with Crippen molar-refractivity contribution < 1.29 is 13.0 Å². The van der Waals surface area contributed by atoms with E-state index in [4.69, 9.17) is 21.8 Å². The van der Waals surface area contributed by atoms with Crippen molar-refractivity contribution in [1.29, 1.82) is 0 Å². The Morgan fingerprint density at radius 3 is 2.27 bits per heavy atom. The zero-order valence-electron chi connectivity index (χ0n) is 7.34. The van der Waals surface area contributed by atoms with Gasteiger partial charge in [-0.1, -0.05) is 0 Å². The molecule has 0 radical (unpaired) electrons. The Balaban J connectivity index is 3.71. The van der Waals surface area contributed by atoms with Crippen LogP contribution >= 0.6 is 0 Å². The van der Waals surface area contributed by atoms with Gasteiger partial charge in [-0.15, -0.1) is 0 Å². The Kier molecular flexibility index (Phi) is 2.63. The SMILES string of the molecule is NC(N)(N)c1cn[nH]c(=O)c1S(=O)(=O)O. The van der Waals surface area contributed by atoms with E-state index in [-0.39, 0.29) is 0 Å². The fourth-order valence-corrected chi connectivity index (χ4v) is 1.74. The van der Waals surface area contributed by atoms with E-state index in [2.05, 4.69) is 5.10 Å². The molecule has 1 heterocycles. The highest BCUT2D eigenvalue weighted by molar-refractivity contribution is 7.85. The third-order valence-corrected chi connectivity index (χ3v) is 2.46. The molecule has 10 heteroatoms. The van der Waals surface area contributed by atoms with Crippen LogP contribution in [0, 0.1) is 0 Å². The lowest BCUT2D eigenvalue weighted by Gasteiger charge is -2.19. The molecule has 0 saturated heterocycles. The highest BCUT2D eigenvalue weighted by atomic mass is 32.2. The van der Waals surface area contributed by atoms with Gasteiger partial charge in [0.05, 0.1) is 6.20 Å². The lowest BCUT2D eigenvalue weighted by Crippen LogP contribution is -2.56. The number of H-pyrrole nitrogens is 1. The molecule has 0 fully saturated rings. The number of nitrogens with two attached hydrogens (primary N) is 3. The van der Waals surface area contributed by atoms with Crippen LogP contribution in [0.25, 0.3) is 0 Å². The van der Waals surface area contributed by atoms with Crippen LogP contribution in [0.4, 0.5) is 0 Å². The van der Waals surface area contributed by atoms with Crippen LogP contribution < -0.4 is 22.8 Å². The average Bonchev–Trinajstić information content (AvgIpc) is 1.99. The summed E-state index contributed by atoms with van der Waals surface area (Å²) in [6, 6.07) is 0. The number of aromatic amines is 1. The predicted molar refractivity (Wildman–Crippen MR) is 48.9 cm³/mol. The molecule has 0 unspecified atom stereocenters. The summed E-state index contributed by atoms with van der Waals surface area (Å²) in [6.45, 7) is 0. The summed E-state index contributed by atoms with van der Waals surface area (Å²) < 4.78 is 30.5. The van der Waals surface area contributed by atoms with Gasteiger partial charge >= 0.3 is 10.1 Å². The molecule has 1 aromatic heterocycles. The van der Waals surface area contributed by atoms with Gasteiger partial charge in [0.15, 0.2) is 4.90 Å². The van der Waals surface area contributed by atoms with Crippen molar-refractivity contribution in [1.82, 2.24) is 10.2 Å². The summed E-state index contributed by atoms with van der Waals surface area (Å²) in [7, 11) is -4.77. The smallest absolute Gasteiger partial charge is 0.297 e. The highest BCUT2D eigenvalue weighted by Crippen LogP contribution is 2.13. The Bertz CT molecular complexity index is 527. The van der Waals surface area contributed by atoms with Gasteiger partial charge in [-0.25, -0.2) is 5.10 Å². The van der Waals surface area contributed by atoms with E-state index in [1.165, 1.54) is 0 Å². The first-order chi connectivity index (χ1) is 6.64. The van der Waals surface area contributed by atoms with Crippen molar-refractivity contribution in [3.8, 4) is 0 Å². The molecule has 0 spiro atoms. The predicted octanol–water partition coefficient (Wildman–Crippen LogP) is -3.00. The molecule has 0 atom stereocenters. The largest absolute Gasteiger partial charge is 0.300 e. The fraction of sp³-hybridized carbons (Fsp3) is 0.200. The zero-order valence-corrected chi connectivity index (χ0v) is 8.15. The van der Waals surface area contributed by atoms with Gasteiger partial charge in [0.2, 0.25) is 0 Å². The van der Waals surface area contributed by atoms with Gasteiger partial charge < -0.3 is 0 Å². The van der Waals surface area contributed by atoms with Crippen LogP contribution in [0.1, 0.15) is 5.56 Å². The first-order valence-corrected chi connectivity index (χ1v) is 5.00. The quantitative estimate of drug-likeness (QED) is 0.266. The van der Waals surface area contributed by atoms with Gasteiger partial charge in [-0.05, 0) is 0 Å². The van der Waals surface area contributed by atoms with Crippen molar-refractivity contribution >= 4 is 10.1 Å². The van der Waals surface area contributed by atoms with E-state index in [1.54, 1.807) is 0 Å². The minimum atomic E-state index is -4.77. The molecule has 0 amide bonds. The van der Waals surface area contributed by atoms with Gasteiger partial charge in [-0.2, -0.15) is 13.5 Å². The molecule has 0 aliphatic carbocycles. The molecule has 1 rings (SSSR count). The second-order valence-corrected chi connectivity index (χ2v) is 4.21. The van der Waals surface area contributed by atoms with Crippen LogP contribution in [0.2, 0.25) is 0 Å². The monoisotopic (exact) mass is 235 g/mol. The van der Waals surface area contributed by atoms with Crippen molar-refractivity contribution in [2.75, 3.05) is 0 Å². The van der Waals surface area contributed by atoms with Crippen molar-refractivity contribution in [3.05, 3.63) is 22.1 Å². The normalized spacial score (nSPS) is 12.8. The number of nitrogens with one attached hydrogen (secondary N) is 1. The van der Waals surface area contributed by atoms with E-state index in [0.717, 1.165) is 6.20 Å². The average molecular weight is 235 g/mol. The van der Waals surface area contributed by atoms with Crippen LogP contribution in [0.15, 0.2) is 15.9 Å². The highest BCUT2D eigenvalue weighted by Gasteiger charge is 2.29. The second kappa shape index (κ2) is 3.36. The number of hydrogen-bond donors (Lipinski definition) is 5. The maximum absolute atomic E-state index is 11.1. The Morgan fingerprint density at radius 2 is 1.93 bits per heavy atom. The summed E-state index contributed by atoms with van der Waals surface area (Å²) in [4.78, 5) is 10.1. The van der Waals surface area contributed by atoms with Gasteiger partial charge in [0.1, 0.15) is 5.79 Å². The van der Waals surface area contributed by atoms with Gasteiger partial charge in [-0.3, -0.25) is 26.5 Å². The molecule has 0 aromatic carbocycles. The molecular weight excluding hydrogens is 226 g/mol. The molecule has 15 heavy (non-hydrogen) atoms. The molecule has 1 aromatic rings. The minimum Gasteiger partial charge on any atom is -0.297 e. The van der Waals surface area contributed by atoms with Crippen molar-refractivity contribution in [3.63, 3.8) is 0 Å². The molecule has 0 saturated carbocycles. The Hall–Kier alpha value is -1.33. The summed E-state index contributed by atoms with van der Waals surface area (Å²) in [6.07, 6.45) is 0.852. The topological polar surface area (TPSA) is 178 Å². The fourth-order valence-electron chi connectivity index (χ4n) is 0.952. The number of aromatic nitrogens is 2. The van der Waals surface area contributed by atoms with E-state index >= 15 is 0 Å². The van der Waals surface area contributed by atoms with E-state index in [0.29, 0.717) is 0 Å². The minimum absolute atomic E-state index is 0.478. The van der Waals surface area contributed by atoms with Crippen LogP contribution in [-0.2, 0) is 15.9 Å². The van der Waals surface area contributed by atoms with Crippen LogP contribution in [0.3, 0.4) is 0 Å². The van der Waals surface area contributed by atoms with E-state index in [9.17, 15) is 13.2 Å². The maximum atomic E-state index is 11.1. The van der Waals surface area contributed by atoms with E-state index in [1.807, 2.05) is 5.10 Å². The van der Waals surface area contributed by atoms with Crippen molar-refractivity contribution in [2.24, 2.45) is 17.2 Å². The third-order valence-electron chi connectivity index (χ3n) is 1.54. The molecule has 0 bridgehead atoms. The standard InChI is InChI=1S/C5H9N5O4S/c6-5(7,8)2-1-9-10-4(11)3(2)15(12,13)14/h1H,6-8H2,(H,10,11)(H,12,13,14). The molecule has 84 valence electrons. The number of nitrogens with zero attached hydrogens (tertiary/aromatic N) is 1. The van der Waals surface area contributed by atoms with Crippen LogP contribution in [0.5, 0.6) is 0 Å². The number of rotatable bonds is 2. The Labute approximate surface area is 84.0 Å². The second-order valence-electron chi connectivity index (χ2n) is 2.85. The number of hydrogen-bond acceptors (Lipinski definition) is 7. The van der Waals surface area contributed by atoms with Crippen molar-refractivity contribution in [2.45, 2.75) is 10.7 Å². The lowest BCUT2D eigenvalue weighted by atomic mass is 10.2. The van der Waals surface area contributed by atoms with Crippen LogP contribution in [-0.4, -0.2) is 23.2 Å². The first-order valence-electron chi connectivity index (χ1n) is 3.56. The summed E-state index contributed by atoms with van der Waals surface area (Å²) >= 11 is 0. The lowest BCUT2D eigenvalue weighted by molar-refractivity contribution is 0.449. The third kappa shape index (κ3) is 2.37. The Morgan fingerprint density at radius 1 is 1.40 bits per heavy atom. The summed E-state index contributed by atoms with van der Waals surface area (Å²) in [5, 5.41) is 5.08. The zero-order chi connectivity index (χ0) is 11.9. The molecule has 0 aliphatic heterocycles. The summed E-state index contributed by atoms with van der Waals surface area (Å²) in [5.74, 6) is -2.09. The van der Waals surface area contributed by atoms with Gasteiger partial charge in [0, 0.05) is 5.56 Å². The molecular formula is C5H9N5O4S. The first kappa shape index (κ1) is 11.7. The maximum Gasteiger partial charge on any atom is 0.300 e. The molecule has 8 N–H and O–H groups in total. The van der Waals surface area contributed by atoms with E-state index < -0.39 is 31.9 Å². The van der Waals surface area contributed by atoms with Gasteiger partial charge in [0.25, 0.3) is 5.56 Å².